The van der Waals surface area contributed by atoms with Crippen LogP contribution in [0.1, 0.15) is 27.7 Å². The average molecular weight is 571 g/mol. The van der Waals surface area contributed by atoms with Gasteiger partial charge in [-0.3, -0.25) is 6.08 Å². The molecule has 0 heterocycles. The molecule has 0 aliphatic heterocycles. The van der Waals surface area contributed by atoms with Crippen molar-refractivity contribution in [1.82, 2.24) is 0 Å². The molecular formula is C26H30Cl2F2SiZr-4. The van der Waals surface area contributed by atoms with Gasteiger partial charge in [0.05, 0.1) is 0 Å². The maximum atomic E-state index is 13.2. The van der Waals surface area contributed by atoms with Crippen LogP contribution in [0.4, 0.5) is 8.78 Å². The van der Waals surface area contributed by atoms with Gasteiger partial charge in [0.2, 0.25) is 0 Å². The van der Waals surface area contributed by atoms with Crippen molar-refractivity contribution in [2.75, 3.05) is 0 Å². The summed E-state index contributed by atoms with van der Waals surface area (Å²) < 4.78 is 26.4. The Bertz CT molecular complexity index is 1020. The van der Waals surface area contributed by atoms with Crippen molar-refractivity contribution < 1.29 is 32.1 Å². The first-order valence-corrected chi connectivity index (χ1v) is 13.2. The number of allylic oxidation sites excluding steroid dienone is 4. The Morgan fingerprint density at radius 3 is 1.91 bits per heavy atom. The molecule has 6 heteroatoms. The van der Waals surface area contributed by atoms with Gasteiger partial charge < -0.3 is 14.9 Å². The Labute approximate surface area is 222 Å². The first-order chi connectivity index (χ1) is 13.4. The minimum atomic E-state index is -0.551. The predicted octanol–water partition coefficient (Wildman–Crippen LogP) is 8.59. The zero-order valence-electron chi connectivity index (χ0n) is 19.3. The van der Waals surface area contributed by atoms with E-state index in [4.69, 9.17) is 0 Å². The fourth-order valence-electron chi connectivity index (χ4n) is 3.27. The van der Waals surface area contributed by atoms with Gasteiger partial charge in [0, 0.05) is 6.07 Å². The van der Waals surface area contributed by atoms with E-state index in [0.29, 0.717) is 11.5 Å². The molecule has 3 aromatic rings. The van der Waals surface area contributed by atoms with E-state index in [-0.39, 0.29) is 39.7 Å². The van der Waals surface area contributed by atoms with E-state index in [1.165, 1.54) is 52.2 Å². The third kappa shape index (κ3) is 8.78. The number of fused-ring (bicyclic) bond motifs is 1. The Morgan fingerprint density at radius 1 is 0.938 bits per heavy atom. The summed E-state index contributed by atoms with van der Waals surface area (Å²) in [5.74, 6) is -0.541. The van der Waals surface area contributed by atoms with Crippen LogP contribution in [0.3, 0.4) is 0 Å². The Hall–Kier alpha value is -0.930. The molecule has 174 valence electrons. The van der Waals surface area contributed by atoms with Gasteiger partial charge in [0.15, 0.2) is 0 Å². The summed E-state index contributed by atoms with van der Waals surface area (Å²) in [5, 5.41) is 2.09. The van der Waals surface area contributed by atoms with E-state index in [1.807, 2.05) is 36.4 Å². The molecule has 1 atom stereocenters. The molecule has 0 aromatic heterocycles. The van der Waals surface area contributed by atoms with Crippen LogP contribution in [0, 0.1) is 38.5 Å². The van der Waals surface area contributed by atoms with Crippen LogP contribution in [-0.4, -0.2) is 6.88 Å². The monoisotopic (exact) mass is 568 g/mol. The van der Waals surface area contributed by atoms with Gasteiger partial charge >= 0.3 is 30.2 Å². The van der Waals surface area contributed by atoms with Gasteiger partial charge in [0.1, 0.15) is 11.6 Å². The van der Waals surface area contributed by atoms with Gasteiger partial charge in [-0.1, -0.05) is 38.3 Å². The summed E-state index contributed by atoms with van der Waals surface area (Å²) in [4.78, 5) is 0. The van der Waals surface area contributed by atoms with Crippen molar-refractivity contribution in [3.05, 3.63) is 104 Å². The fraction of sp³-hybridized carbons (Fsp3) is 0.192. The van der Waals surface area contributed by atoms with Crippen LogP contribution in [-0.2, 0) is 23.3 Å². The van der Waals surface area contributed by atoms with Crippen LogP contribution < -0.4 is 0 Å². The molecule has 2 radical (unpaired) electrons. The molecule has 0 N–H and O–H groups in total. The summed E-state index contributed by atoms with van der Waals surface area (Å²) >= 11 is 1.36. The van der Waals surface area contributed by atoms with Crippen LogP contribution in [0.2, 0.25) is 0 Å². The van der Waals surface area contributed by atoms with Crippen molar-refractivity contribution >= 4 is 42.5 Å². The third-order valence-corrected chi connectivity index (χ3v) is 5.09. The van der Waals surface area contributed by atoms with Crippen LogP contribution >= 0.6 is 24.8 Å². The fourth-order valence-corrected chi connectivity index (χ4v) is 3.27. The topological polar surface area (TPSA) is 0 Å². The quantitative estimate of drug-likeness (QED) is 0.203. The molecule has 0 bridgehead atoms. The van der Waals surface area contributed by atoms with Crippen molar-refractivity contribution in [1.29, 1.82) is 0 Å². The first kappa shape index (κ1) is 35.7. The second kappa shape index (κ2) is 16.6. The molecule has 0 nitrogen and oxygen atoms in total. The maximum absolute atomic E-state index is 13.2. The molecule has 0 saturated carbocycles. The number of hydrogen-bond donors (Lipinski definition) is 0. The average Bonchev–Trinajstić information content (AvgIpc) is 3.20. The molecule has 0 spiro atoms. The summed E-state index contributed by atoms with van der Waals surface area (Å²) in [5.41, 5.74) is 5.68. The molecule has 1 aliphatic carbocycles. The van der Waals surface area contributed by atoms with Gasteiger partial charge in [0.25, 0.3) is 0 Å². The van der Waals surface area contributed by atoms with E-state index in [0.717, 1.165) is 22.4 Å². The Balaban J connectivity index is -0.000000490. The Kier molecular flexibility index (Phi) is 18.5. The standard InChI is InChI=1S/C15H9F2.C9H13.2CH3.2ClH.Si.Zr/c16-12-7-11(8-13(17)9-12)15-6-5-10-3-1-2-4-14(10)15;1-6-5-7(2)9(4)8(6)3;;;;;;/h1-9H;6H,1-4H3;2*1H3;2*1H;;/q4*-1;;;;. The SMILES string of the molecule is CC1=[C-]C(C)C(C)=C1C.Cl.Cl.Fc1cc(F)cc(-c2c[cH-]c3ccccc23)c1.[CH3-].[CH3-].[Si]=[Zr]. The van der Waals surface area contributed by atoms with Gasteiger partial charge in [-0.25, -0.2) is 14.4 Å². The van der Waals surface area contributed by atoms with Gasteiger partial charge in [-0.2, -0.15) is 11.1 Å². The molecule has 0 amide bonds. The van der Waals surface area contributed by atoms with Crippen LogP contribution in [0.15, 0.2) is 71.3 Å². The summed E-state index contributed by atoms with van der Waals surface area (Å²) in [6, 6.07) is 15.2. The minimum absolute atomic E-state index is 0. The number of hydrogen-bond acceptors (Lipinski definition) is 0. The summed E-state index contributed by atoms with van der Waals surface area (Å²) in [6.45, 7) is 11.7. The third-order valence-electron chi connectivity index (χ3n) is 5.09. The van der Waals surface area contributed by atoms with Crippen LogP contribution in [0.5, 0.6) is 0 Å². The molecular weight excluding hydrogens is 540 g/mol. The second-order valence-corrected chi connectivity index (χ2v) is 6.79. The zero-order chi connectivity index (χ0) is 20.8. The predicted molar refractivity (Wildman–Crippen MR) is 138 cm³/mol. The number of rotatable bonds is 1. The molecule has 1 aliphatic rings. The zero-order valence-corrected chi connectivity index (χ0v) is 24.4. The van der Waals surface area contributed by atoms with Gasteiger partial charge in [-0.05, 0) is 12.1 Å². The summed E-state index contributed by atoms with van der Waals surface area (Å²) in [6.07, 6.45) is 3.36. The van der Waals surface area contributed by atoms with Crippen molar-refractivity contribution in [3.63, 3.8) is 0 Å². The first-order valence-electron chi connectivity index (χ1n) is 9.00. The van der Waals surface area contributed by atoms with Crippen LogP contribution in [0.25, 0.3) is 21.9 Å². The molecule has 0 fully saturated rings. The molecule has 0 saturated heterocycles. The van der Waals surface area contributed by atoms with Crippen molar-refractivity contribution in [2.24, 2.45) is 5.92 Å². The van der Waals surface area contributed by atoms with E-state index in [2.05, 4.69) is 40.7 Å². The molecule has 32 heavy (non-hydrogen) atoms. The van der Waals surface area contributed by atoms with Crippen molar-refractivity contribution in [2.45, 2.75) is 27.7 Å². The molecule has 1 unspecified atom stereocenters. The number of halogens is 4. The normalized spacial score (nSPS) is 13.5. The molecule has 4 rings (SSSR count). The van der Waals surface area contributed by atoms with E-state index >= 15 is 0 Å². The second-order valence-electron chi connectivity index (χ2n) is 6.79. The summed E-state index contributed by atoms with van der Waals surface area (Å²) in [7, 11) is 0. The Morgan fingerprint density at radius 2 is 1.47 bits per heavy atom. The van der Waals surface area contributed by atoms with E-state index in [1.54, 1.807) is 0 Å². The number of benzene rings is 2. The van der Waals surface area contributed by atoms with E-state index in [9.17, 15) is 8.78 Å². The van der Waals surface area contributed by atoms with Gasteiger partial charge in [-0.15, -0.1) is 78.4 Å². The van der Waals surface area contributed by atoms with Crippen molar-refractivity contribution in [3.8, 4) is 11.1 Å². The van der Waals surface area contributed by atoms with E-state index < -0.39 is 11.6 Å². The molecule has 3 aromatic carbocycles.